The first-order valence-corrected chi connectivity index (χ1v) is 4.99. The molecule has 5 nitrogen and oxygen atoms in total. The van der Waals surface area contributed by atoms with Crippen LogP contribution in [-0.2, 0) is 4.74 Å². The summed E-state index contributed by atoms with van der Waals surface area (Å²) in [5.41, 5.74) is 7.04. The lowest BCUT2D eigenvalue weighted by atomic mass is 10.1. The third-order valence-corrected chi connectivity index (χ3v) is 2.49. The van der Waals surface area contributed by atoms with E-state index in [9.17, 15) is 4.79 Å². The van der Waals surface area contributed by atoms with E-state index in [4.69, 9.17) is 10.5 Å². The average Bonchev–Trinajstić information content (AvgIpc) is 2.38. The number of ether oxygens (including phenoxy) is 2. The van der Waals surface area contributed by atoms with Crippen molar-refractivity contribution in [1.82, 2.24) is 4.98 Å². The molecule has 0 amide bonds. The summed E-state index contributed by atoms with van der Waals surface area (Å²) < 4.78 is 9.67. The van der Waals surface area contributed by atoms with E-state index in [1.165, 1.54) is 14.2 Å². The van der Waals surface area contributed by atoms with Crippen LogP contribution in [0.5, 0.6) is 5.88 Å². The van der Waals surface area contributed by atoms with E-state index in [1.807, 2.05) is 6.07 Å². The van der Waals surface area contributed by atoms with Gasteiger partial charge in [-0.2, -0.15) is 0 Å². The molecule has 1 aromatic heterocycles. The van der Waals surface area contributed by atoms with Gasteiger partial charge in [-0.3, -0.25) is 0 Å². The molecule has 2 rings (SSSR count). The Morgan fingerprint density at radius 1 is 1.24 bits per heavy atom. The first kappa shape index (κ1) is 11.2. The van der Waals surface area contributed by atoms with Crippen molar-refractivity contribution in [3.05, 3.63) is 29.8 Å². The van der Waals surface area contributed by atoms with Crippen molar-refractivity contribution in [2.24, 2.45) is 0 Å². The molecule has 0 radical (unpaired) electrons. The third kappa shape index (κ3) is 1.87. The first-order valence-electron chi connectivity index (χ1n) is 4.99. The van der Waals surface area contributed by atoms with Gasteiger partial charge in [0.2, 0.25) is 5.88 Å². The zero-order chi connectivity index (χ0) is 12.4. The Balaban J connectivity index is 2.68. The summed E-state index contributed by atoms with van der Waals surface area (Å²) in [6, 6.07) is 6.96. The molecular formula is C12H12N2O3. The fourth-order valence-corrected chi connectivity index (χ4v) is 1.59. The SMILES string of the molecule is COC(=O)c1ccc2ccc(OC)nc2c1N. The lowest BCUT2D eigenvalue weighted by molar-refractivity contribution is 0.0602. The lowest BCUT2D eigenvalue weighted by Crippen LogP contribution is -2.06. The summed E-state index contributed by atoms with van der Waals surface area (Å²) >= 11 is 0. The molecule has 0 saturated carbocycles. The van der Waals surface area contributed by atoms with Gasteiger partial charge < -0.3 is 15.2 Å². The number of rotatable bonds is 2. The summed E-state index contributed by atoms with van der Waals surface area (Å²) in [7, 11) is 2.83. The maximum Gasteiger partial charge on any atom is 0.340 e. The van der Waals surface area contributed by atoms with Crippen LogP contribution in [0.25, 0.3) is 10.9 Å². The van der Waals surface area contributed by atoms with Gasteiger partial charge in [0.15, 0.2) is 0 Å². The molecule has 0 atom stereocenters. The highest BCUT2D eigenvalue weighted by atomic mass is 16.5. The zero-order valence-corrected chi connectivity index (χ0v) is 9.56. The van der Waals surface area contributed by atoms with Gasteiger partial charge in [0, 0.05) is 11.5 Å². The van der Waals surface area contributed by atoms with E-state index in [1.54, 1.807) is 18.2 Å². The number of carbonyl (C=O) groups excluding carboxylic acids is 1. The maximum absolute atomic E-state index is 11.5. The minimum absolute atomic E-state index is 0.299. The number of pyridine rings is 1. The fraction of sp³-hybridized carbons (Fsp3) is 0.167. The van der Waals surface area contributed by atoms with E-state index in [2.05, 4.69) is 9.72 Å². The summed E-state index contributed by atoms with van der Waals surface area (Å²) in [5, 5.41) is 0.843. The van der Waals surface area contributed by atoms with E-state index >= 15 is 0 Å². The van der Waals surface area contributed by atoms with Crippen LogP contribution in [0.3, 0.4) is 0 Å². The molecular weight excluding hydrogens is 220 g/mol. The number of carbonyl (C=O) groups is 1. The van der Waals surface area contributed by atoms with Gasteiger partial charge in [-0.1, -0.05) is 6.07 Å². The van der Waals surface area contributed by atoms with E-state index in [0.29, 0.717) is 22.6 Å². The monoisotopic (exact) mass is 232 g/mol. The molecule has 2 N–H and O–H groups in total. The van der Waals surface area contributed by atoms with Gasteiger partial charge in [-0.05, 0) is 12.1 Å². The molecule has 0 aliphatic carbocycles. The van der Waals surface area contributed by atoms with Crippen LogP contribution in [0.4, 0.5) is 5.69 Å². The van der Waals surface area contributed by atoms with Crippen LogP contribution in [0.2, 0.25) is 0 Å². The van der Waals surface area contributed by atoms with Crippen molar-refractivity contribution < 1.29 is 14.3 Å². The second kappa shape index (κ2) is 4.29. The summed E-state index contributed by atoms with van der Waals surface area (Å²) in [5.74, 6) is -0.0276. The number of esters is 1. The number of hydrogen-bond donors (Lipinski definition) is 1. The highest BCUT2D eigenvalue weighted by Crippen LogP contribution is 2.25. The molecule has 0 aliphatic rings. The molecule has 5 heteroatoms. The van der Waals surface area contributed by atoms with Crippen molar-refractivity contribution in [2.75, 3.05) is 20.0 Å². The van der Waals surface area contributed by atoms with Gasteiger partial charge in [0.1, 0.15) is 0 Å². The molecule has 1 aromatic carbocycles. The van der Waals surface area contributed by atoms with Crippen molar-refractivity contribution in [3.63, 3.8) is 0 Å². The lowest BCUT2D eigenvalue weighted by Gasteiger charge is -2.07. The maximum atomic E-state index is 11.5. The van der Waals surface area contributed by atoms with Crippen molar-refractivity contribution in [2.45, 2.75) is 0 Å². The van der Waals surface area contributed by atoms with Crippen molar-refractivity contribution in [1.29, 1.82) is 0 Å². The Bertz CT molecular complexity index is 581. The minimum Gasteiger partial charge on any atom is -0.481 e. The van der Waals surface area contributed by atoms with Gasteiger partial charge in [-0.25, -0.2) is 9.78 Å². The van der Waals surface area contributed by atoms with Crippen molar-refractivity contribution >= 4 is 22.6 Å². The number of nitrogens with zero attached hydrogens (tertiary/aromatic N) is 1. The normalized spacial score (nSPS) is 10.2. The fourth-order valence-electron chi connectivity index (χ4n) is 1.59. The number of nitrogen functional groups attached to an aromatic ring is 1. The highest BCUT2D eigenvalue weighted by molar-refractivity contribution is 6.04. The number of methoxy groups -OCH3 is 2. The smallest absolute Gasteiger partial charge is 0.340 e. The molecule has 17 heavy (non-hydrogen) atoms. The quantitative estimate of drug-likeness (QED) is 0.629. The summed E-state index contributed by atoms with van der Waals surface area (Å²) in [4.78, 5) is 15.7. The van der Waals surface area contributed by atoms with E-state index in [0.717, 1.165) is 5.39 Å². The summed E-state index contributed by atoms with van der Waals surface area (Å²) in [6.07, 6.45) is 0. The van der Waals surface area contributed by atoms with Gasteiger partial charge in [0.25, 0.3) is 0 Å². The molecule has 0 saturated heterocycles. The Kier molecular flexibility index (Phi) is 2.82. The van der Waals surface area contributed by atoms with E-state index in [-0.39, 0.29) is 0 Å². The van der Waals surface area contributed by atoms with Crippen LogP contribution in [0.1, 0.15) is 10.4 Å². The topological polar surface area (TPSA) is 74.4 Å². The Morgan fingerprint density at radius 3 is 2.59 bits per heavy atom. The molecule has 0 unspecified atom stereocenters. The number of nitrogens with two attached hydrogens (primary N) is 1. The third-order valence-electron chi connectivity index (χ3n) is 2.49. The first-order chi connectivity index (χ1) is 8.17. The Hall–Kier alpha value is -2.30. The number of benzene rings is 1. The standard InChI is InChI=1S/C12H12N2O3/c1-16-9-6-4-7-3-5-8(12(15)17-2)10(13)11(7)14-9/h3-6H,13H2,1-2H3. The molecule has 0 aliphatic heterocycles. The van der Waals surface area contributed by atoms with Crippen molar-refractivity contribution in [3.8, 4) is 5.88 Å². The zero-order valence-electron chi connectivity index (χ0n) is 9.56. The molecule has 0 spiro atoms. The number of fused-ring (bicyclic) bond motifs is 1. The predicted molar refractivity (Wildman–Crippen MR) is 64.0 cm³/mol. The van der Waals surface area contributed by atoms with Crippen LogP contribution < -0.4 is 10.5 Å². The average molecular weight is 232 g/mol. The largest absolute Gasteiger partial charge is 0.481 e. The highest BCUT2D eigenvalue weighted by Gasteiger charge is 2.13. The Labute approximate surface area is 98.2 Å². The molecule has 1 heterocycles. The minimum atomic E-state index is -0.478. The van der Waals surface area contributed by atoms with Crippen LogP contribution in [0, 0.1) is 0 Å². The number of anilines is 1. The number of aromatic nitrogens is 1. The molecule has 2 aromatic rings. The predicted octanol–water partition coefficient (Wildman–Crippen LogP) is 1.61. The second-order valence-electron chi connectivity index (χ2n) is 3.44. The molecule has 0 bridgehead atoms. The van der Waals surface area contributed by atoms with E-state index < -0.39 is 5.97 Å². The second-order valence-corrected chi connectivity index (χ2v) is 3.44. The molecule has 0 fully saturated rings. The van der Waals surface area contributed by atoms with Gasteiger partial charge in [-0.15, -0.1) is 0 Å². The Morgan fingerprint density at radius 2 is 1.94 bits per heavy atom. The van der Waals surface area contributed by atoms with Crippen LogP contribution in [-0.4, -0.2) is 25.2 Å². The van der Waals surface area contributed by atoms with Gasteiger partial charge in [0.05, 0.1) is 31.0 Å². The van der Waals surface area contributed by atoms with Crippen LogP contribution >= 0.6 is 0 Å². The van der Waals surface area contributed by atoms with Gasteiger partial charge >= 0.3 is 5.97 Å². The van der Waals surface area contributed by atoms with Crippen LogP contribution in [0.15, 0.2) is 24.3 Å². The summed E-state index contributed by atoms with van der Waals surface area (Å²) in [6.45, 7) is 0. The number of hydrogen-bond acceptors (Lipinski definition) is 5. The molecule has 88 valence electrons.